The second-order valence-electron chi connectivity index (χ2n) is 23.5. The van der Waals surface area contributed by atoms with Crippen molar-refractivity contribution >= 4 is 5.91 Å². The second kappa shape index (κ2) is 57.3. The Morgan fingerprint density at radius 1 is 0.438 bits per heavy atom. The molecule has 9 atom stereocenters. The highest BCUT2D eigenvalue weighted by molar-refractivity contribution is 5.80. The van der Waals surface area contributed by atoms with Gasteiger partial charge in [-0.15, -0.1) is 0 Å². The van der Waals surface area contributed by atoms with E-state index < -0.39 is 74.2 Å². The van der Waals surface area contributed by atoms with E-state index in [0.29, 0.717) is 19.3 Å². The Kier molecular flexibility index (Phi) is 54.3. The van der Waals surface area contributed by atoms with Gasteiger partial charge in [0.05, 0.1) is 25.4 Å². The third kappa shape index (κ3) is 44.3. The summed E-state index contributed by atoms with van der Waals surface area (Å²) >= 11 is 0. The van der Waals surface area contributed by atoms with E-state index in [-0.39, 0.29) is 12.8 Å². The van der Waals surface area contributed by atoms with Crippen LogP contribution in [0.25, 0.3) is 0 Å². The third-order valence-electron chi connectivity index (χ3n) is 16.0. The van der Waals surface area contributed by atoms with Gasteiger partial charge in [-0.3, -0.25) is 4.79 Å². The molecule has 1 amide bonds. The van der Waals surface area contributed by atoms with Gasteiger partial charge in [-0.1, -0.05) is 267 Å². The molecule has 468 valence electrons. The lowest BCUT2D eigenvalue weighted by Crippen LogP contribution is -2.60. The highest BCUT2D eigenvalue weighted by Crippen LogP contribution is 2.23. The topological polar surface area (TPSA) is 189 Å². The summed E-state index contributed by atoms with van der Waals surface area (Å²) in [5.74, 6) is -0.711. The molecule has 1 heterocycles. The van der Waals surface area contributed by atoms with E-state index in [1.54, 1.807) is 0 Å². The molecule has 1 rings (SSSR count). The van der Waals surface area contributed by atoms with Gasteiger partial charge in [-0.25, -0.2) is 0 Å². The van der Waals surface area contributed by atoms with Crippen molar-refractivity contribution in [2.75, 3.05) is 13.2 Å². The zero-order valence-electron chi connectivity index (χ0n) is 51.6. The summed E-state index contributed by atoms with van der Waals surface area (Å²) in [6, 6.07) is -1.20. The van der Waals surface area contributed by atoms with Gasteiger partial charge in [-0.2, -0.15) is 0 Å². The minimum atomic E-state index is -1.67. The van der Waals surface area contributed by atoms with Gasteiger partial charge in [0.15, 0.2) is 6.29 Å². The summed E-state index contributed by atoms with van der Waals surface area (Å²) < 4.78 is 11.1. The predicted octanol–water partition coefficient (Wildman–Crippen LogP) is 15.7. The largest absolute Gasteiger partial charge is 0.394 e. The number of ether oxygens (including phenoxy) is 2. The van der Waals surface area contributed by atoms with Crippen LogP contribution in [0.3, 0.4) is 0 Å². The lowest BCUT2D eigenvalue weighted by molar-refractivity contribution is -0.303. The van der Waals surface area contributed by atoms with Gasteiger partial charge in [0.2, 0.25) is 5.91 Å². The zero-order chi connectivity index (χ0) is 58.2. The molecule has 11 heteroatoms. The van der Waals surface area contributed by atoms with Crippen molar-refractivity contribution < 1.29 is 50.0 Å². The van der Waals surface area contributed by atoms with Crippen LogP contribution in [0.2, 0.25) is 0 Å². The van der Waals surface area contributed by atoms with Crippen LogP contribution in [-0.4, -0.2) is 110 Å². The molecule has 11 nitrogen and oxygen atoms in total. The van der Waals surface area contributed by atoms with Crippen LogP contribution in [0.1, 0.15) is 303 Å². The minimum absolute atomic E-state index is 0.240. The molecule has 0 aliphatic carbocycles. The standard InChI is InChI=1S/C69H127NO10/c1-3-5-7-9-11-13-15-17-19-21-22-23-24-25-26-27-28-29-30-31-32-33-34-35-36-37-38-39-41-43-45-47-49-51-53-55-57-62(73)68(78)70-60(59-79-69-67(77)66(76)65(75)63(58-71)80-69)64(74)61(72)56-54-52-50-48-46-44-42-40-20-18-16-14-12-10-8-6-4-2/h14,16,26-27,29-30,40,42,48,50,60-67,69,71-77H,3-13,15,17-25,28,31-39,41,43-47,49,51-59H2,1-2H3,(H,70,78)/b16-14+,27-26-,30-29-,42-40+,50-48+. The predicted molar refractivity (Wildman–Crippen MR) is 334 cm³/mol. The van der Waals surface area contributed by atoms with Crippen molar-refractivity contribution in [2.24, 2.45) is 0 Å². The van der Waals surface area contributed by atoms with E-state index >= 15 is 0 Å². The molecule has 0 radical (unpaired) electrons. The smallest absolute Gasteiger partial charge is 0.249 e. The maximum atomic E-state index is 13.2. The fraction of sp³-hybridized carbons (Fsp3) is 0.841. The van der Waals surface area contributed by atoms with E-state index in [1.165, 1.54) is 205 Å². The Balaban J connectivity index is 2.18. The first kappa shape index (κ1) is 75.8. The van der Waals surface area contributed by atoms with Crippen LogP contribution in [0.4, 0.5) is 0 Å². The fourth-order valence-corrected chi connectivity index (χ4v) is 10.6. The Morgan fingerprint density at radius 2 is 0.787 bits per heavy atom. The first-order valence-corrected chi connectivity index (χ1v) is 33.7. The van der Waals surface area contributed by atoms with Crippen LogP contribution in [-0.2, 0) is 14.3 Å². The van der Waals surface area contributed by atoms with Crippen LogP contribution < -0.4 is 5.32 Å². The van der Waals surface area contributed by atoms with Gasteiger partial charge in [0.25, 0.3) is 0 Å². The van der Waals surface area contributed by atoms with Gasteiger partial charge >= 0.3 is 0 Å². The molecular formula is C69H127NO10. The SMILES string of the molecule is CCCCCC/C=C/CC/C=C/CC/C=C/CCCC(O)C(O)C(COC1OC(CO)C(O)C(O)C1O)NC(=O)C(O)CCCCCCCCCCCCCCCCCC/C=C\C/C=C\CCCCCCCCCCCCCCC. The molecule has 0 bridgehead atoms. The Labute approximate surface area is 491 Å². The lowest BCUT2D eigenvalue weighted by atomic mass is 9.98. The van der Waals surface area contributed by atoms with Gasteiger partial charge in [-0.05, 0) is 96.3 Å². The monoisotopic (exact) mass is 1130 g/mol. The number of hydrogen-bond acceptors (Lipinski definition) is 10. The van der Waals surface area contributed by atoms with Crippen molar-refractivity contribution in [3.05, 3.63) is 60.8 Å². The van der Waals surface area contributed by atoms with Crippen molar-refractivity contribution in [1.82, 2.24) is 5.32 Å². The summed E-state index contributed by atoms with van der Waals surface area (Å²) in [6.07, 6.45) is 64.5. The maximum Gasteiger partial charge on any atom is 0.249 e. The summed E-state index contributed by atoms with van der Waals surface area (Å²) in [7, 11) is 0. The number of amides is 1. The molecule has 0 aromatic rings. The molecule has 8 N–H and O–H groups in total. The first-order valence-electron chi connectivity index (χ1n) is 33.7. The van der Waals surface area contributed by atoms with Gasteiger partial charge < -0.3 is 50.5 Å². The Hall–Kier alpha value is -2.19. The summed E-state index contributed by atoms with van der Waals surface area (Å²) in [6.45, 7) is 3.44. The molecule has 0 spiro atoms. The van der Waals surface area contributed by atoms with Crippen molar-refractivity contribution in [1.29, 1.82) is 0 Å². The van der Waals surface area contributed by atoms with Crippen LogP contribution in [0.15, 0.2) is 60.8 Å². The highest BCUT2D eigenvalue weighted by atomic mass is 16.7. The number of unbranched alkanes of at least 4 members (excludes halogenated alkanes) is 36. The fourth-order valence-electron chi connectivity index (χ4n) is 10.6. The number of aliphatic hydroxyl groups excluding tert-OH is 7. The summed E-state index contributed by atoms with van der Waals surface area (Å²) in [5.41, 5.74) is 0. The average molecular weight is 1130 g/mol. The molecule has 1 saturated heterocycles. The van der Waals surface area contributed by atoms with Gasteiger partial charge in [0.1, 0.15) is 36.6 Å². The molecule has 80 heavy (non-hydrogen) atoms. The summed E-state index contributed by atoms with van der Waals surface area (Å²) in [4.78, 5) is 13.2. The number of aliphatic hydroxyl groups is 7. The first-order chi connectivity index (χ1) is 39.2. The molecule has 1 fully saturated rings. The van der Waals surface area contributed by atoms with E-state index in [9.17, 15) is 40.5 Å². The number of rotatable bonds is 58. The van der Waals surface area contributed by atoms with Crippen molar-refractivity contribution in [3.8, 4) is 0 Å². The highest BCUT2D eigenvalue weighted by Gasteiger charge is 2.44. The van der Waals surface area contributed by atoms with E-state index in [2.05, 4.69) is 79.9 Å². The second-order valence-corrected chi connectivity index (χ2v) is 23.5. The van der Waals surface area contributed by atoms with Crippen molar-refractivity contribution in [3.63, 3.8) is 0 Å². The van der Waals surface area contributed by atoms with Crippen molar-refractivity contribution in [2.45, 2.75) is 358 Å². The molecule has 0 aromatic carbocycles. The molecule has 1 aliphatic heterocycles. The van der Waals surface area contributed by atoms with Crippen LogP contribution in [0, 0.1) is 0 Å². The number of hydrogen-bond donors (Lipinski definition) is 8. The number of allylic oxidation sites excluding steroid dienone is 10. The lowest BCUT2D eigenvalue weighted by Gasteiger charge is -2.40. The number of carbonyl (C=O) groups is 1. The number of nitrogens with one attached hydrogen (secondary N) is 1. The minimum Gasteiger partial charge on any atom is -0.394 e. The quantitative estimate of drug-likeness (QED) is 0.0215. The van der Waals surface area contributed by atoms with E-state index in [0.717, 1.165) is 51.4 Å². The van der Waals surface area contributed by atoms with Gasteiger partial charge in [0, 0.05) is 0 Å². The normalized spacial score (nSPS) is 19.6. The summed E-state index contributed by atoms with van der Waals surface area (Å²) in [5, 5.41) is 76.2. The molecule has 0 saturated carbocycles. The zero-order valence-corrected chi connectivity index (χ0v) is 51.6. The Bertz CT molecular complexity index is 1480. The molecule has 9 unspecified atom stereocenters. The van der Waals surface area contributed by atoms with Crippen LogP contribution >= 0.6 is 0 Å². The third-order valence-corrected chi connectivity index (χ3v) is 16.0. The molecular weight excluding hydrogens is 1000 g/mol. The number of carbonyl (C=O) groups excluding carboxylic acids is 1. The Morgan fingerprint density at radius 3 is 1.20 bits per heavy atom. The molecule has 0 aromatic heterocycles. The maximum absolute atomic E-state index is 13.2. The van der Waals surface area contributed by atoms with E-state index in [1.807, 2.05) is 0 Å². The van der Waals surface area contributed by atoms with Crippen LogP contribution in [0.5, 0.6) is 0 Å². The molecule has 1 aliphatic rings. The average Bonchev–Trinajstić information content (AvgIpc) is 3.47. The van der Waals surface area contributed by atoms with E-state index in [4.69, 9.17) is 9.47 Å².